The van der Waals surface area contributed by atoms with E-state index in [9.17, 15) is 0 Å². The Morgan fingerprint density at radius 1 is 1.24 bits per heavy atom. The summed E-state index contributed by atoms with van der Waals surface area (Å²) in [6.45, 7) is 1.93. The third-order valence-corrected chi connectivity index (χ3v) is 4.18. The summed E-state index contributed by atoms with van der Waals surface area (Å²) in [5, 5.41) is -0.179. The zero-order valence-electron chi connectivity index (χ0n) is 11.7. The van der Waals surface area contributed by atoms with Gasteiger partial charge in [-0.05, 0) is 59.8 Å². The lowest BCUT2D eigenvalue weighted by Gasteiger charge is -2.11. The fourth-order valence-corrected chi connectivity index (χ4v) is 2.98. The molecule has 0 amide bonds. The molecule has 0 bridgehead atoms. The van der Waals surface area contributed by atoms with E-state index in [-0.39, 0.29) is 5.38 Å². The second-order valence-corrected chi connectivity index (χ2v) is 6.66. The Kier molecular flexibility index (Phi) is 4.08. The van der Waals surface area contributed by atoms with E-state index in [0.717, 1.165) is 31.9 Å². The highest BCUT2D eigenvalue weighted by atomic mass is 127. The number of rotatable bonds is 3. The summed E-state index contributed by atoms with van der Waals surface area (Å²) in [5.74, 6) is 1.65. The van der Waals surface area contributed by atoms with Gasteiger partial charge in [0.2, 0.25) is 0 Å². The van der Waals surface area contributed by atoms with E-state index in [2.05, 4.69) is 45.4 Å². The summed E-state index contributed by atoms with van der Waals surface area (Å²) in [4.78, 5) is 4.69. The Labute approximate surface area is 142 Å². The van der Waals surface area contributed by atoms with Crippen LogP contribution >= 0.6 is 34.2 Å². The summed E-state index contributed by atoms with van der Waals surface area (Å²) < 4.78 is 8.56. The van der Waals surface area contributed by atoms with Crippen LogP contribution in [0.4, 0.5) is 0 Å². The third-order valence-electron chi connectivity index (χ3n) is 3.31. The van der Waals surface area contributed by atoms with Gasteiger partial charge >= 0.3 is 0 Å². The topological polar surface area (TPSA) is 27.1 Å². The van der Waals surface area contributed by atoms with Crippen molar-refractivity contribution in [3.05, 3.63) is 51.9 Å². The predicted octanol–water partition coefficient (Wildman–Crippen LogP) is 4.94. The van der Waals surface area contributed by atoms with Crippen molar-refractivity contribution in [3.63, 3.8) is 0 Å². The summed E-state index contributed by atoms with van der Waals surface area (Å²) in [6, 6.07) is 14.1. The van der Waals surface area contributed by atoms with Gasteiger partial charge in [0.15, 0.2) is 0 Å². The van der Waals surface area contributed by atoms with E-state index < -0.39 is 0 Å². The molecule has 1 unspecified atom stereocenters. The highest BCUT2D eigenvalue weighted by molar-refractivity contribution is 14.1. The van der Waals surface area contributed by atoms with Crippen molar-refractivity contribution in [3.8, 4) is 11.4 Å². The van der Waals surface area contributed by atoms with Gasteiger partial charge in [0.25, 0.3) is 0 Å². The maximum atomic E-state index is 6.33. The second kappa shape index (κ2) is 5.85. The number of hydrogen-bond donors (Lipinski definition) is 0. The van der Waals surface area contributed by atoms with Gasteiger partial charge in [-0.25, -0.2) is 4.98 Å². The number of ether oxygens (including phenoxy) is 1. The molecule has 0 spiro atoms. The van der Waals surface area contributed by atoms with Crippen LogP contribution in [0, 0.1) is 3.57 Å². The van der Waals surface area contributed by atoms with E-state index in [4.69, 9.17) is 21.3 Å². The number of nitrogens with zero attached hydrogens (tertiary/aromatic N) is 2. The van der Waals surface area contributed by atoms with Gasteiger partial charge in [-0.2, -0.15) is 0 Å². The van der Waals surface area contributed by atoms with Gasteiger partial charge in [0, 0.05) is 9.64 Å². The van der Waals surface area contributed by atoms with Crippen LogP contribution in [0.3, 0.4) is 0 Å². The monoisotopic (exact) mass is 412 g/mol. The van der Waals surface area contributed by atoms with Crippen molar-refractivity contribution in [1.29, 1.82) is 0 Å². The number of aromatic nitrogens is 2. The molecule has 0 saturated carbocycles. The average Bonchev–Trinajstić information content (AvgIpc) is 2.86. The number of hydrogen-bond acceptors (Lipinski definition) is 2. The Morgan fingerprint density at radius 2 is 2.05 bits per heavy atom. The van der Waals surface area contributed by atoms with Crippen molar-refractivity contribution in [1.82, 2.24) is 9.55 Å². The van der Waals surface area contributed by atoms with Crippen molar-refractivity contribution in [2.75, 3.05) is 7.11 Å². The van der Waals surface area contributed by atoms with Crippen molar-refractivity contribution >= 4 is 45.2 Å². The third kappa shape index (κ3) is 2.74. The molecule has 21 heavy (non-hydrogen) atoms. The minimum atomic E-state index is -0.179. The molecule has 3 nitrogen and oxygen atoms in total. The molecule has 1 aromatic heterocycles. The first-order valence-corrected chi connectivity index (χ1v) is 8.08. The summed E-state index contributed by atoms with van der Waals surface area (Å²) in [7, 11) is 1.67. The normalized spacial score (nSPS) is 12.6. The van der Waals surface area contributed by atoms with Crippen LogP contribution in [-0.4, -0.2) is 16.7 Å². The first-order valence-electron chi connectivity index (χ1n) is 6.56. The molecule has 0 N–H and O–H groups in total. The number of fused-ring (bicyclic) bond motifs is 1. The van der Waals surface area contributed by atoms with Gasteiger partial charge in [-0.15, -0.1) is 11.6 Å². The van der Waals surface area contributed by atoms with E-state index in [1.807, 2.05) is 31.2 Å². The Hall–Kier alpha value is -1.27. The van der Waals surface area contributed by atoms with Gasteiger partial charge in [0.1, 0.15) is 11.6 Å². The van der Waals surface area contributed by atoms with Crippen molar-refractivity contribution in [2.24, 2.45) is 0 Å². The number of halogens is 2. The van der Waals surface area contributed by atoms with Crippen LogP contribution in [0.2, 0.25) is 0 Å². The minimum Gasteiger partial charge on any atom is -0.497 e. The molecule has 0 aliphatic rings. The molecule has 0 radical (unpaired) electrons. The SMILES string of the molecule is COc1cccc(-n2c(C(C)Cl)nc3cc(I)ccc32)c1. The van der Waals surface area contributed by atoms with Crippen LogP contribution in [0.15, 0.2) is 42.5 Å². The predicted molar refractivity (Wildman–Crippen MR) is 94.6 cm³/mol. The molecule has 3 aromatic rings. The standard InChI is InChI=1S/C16H14ClIN2O/c1-10(17)16-19-14-8-11(18)6-7-15(14)20(16)12-4-3-5-13(9-12)21-2/h3-10H,1-2H3. The number of alkyl halides is 1. The van der Waals surface area contributed by atoms with Crippen LogP contribution in [-0.2, 0) is 0 Å². The smallest absolute Gasteiger partial charge is 0.132 e. The molecule has 5 heteroatoms. The van der Waals surface area contributed by atoms with Gasteiger partial charge in [-0.3, -0.25) is 4.57 Å². The van der Waals surface area contributed by atoms with Gasteiger partial charge in [0.05, 0.1) is 29.2 Å². The number of benzene rings is 2. The lowest BCUT2D eigenvalue weighted by Crippen LogP contribution is -2.02. The van der Waals surface area contributed by atoms with Crippen LogP contribution in [0.5, 0.6) is 5.75 Å². The molecule has 1 atom stereocenters. The van der Waals surface area contributed by atoms with Crippen molar-refractivity contribution < 1.29 is 4.74 Å². The fourth-order valence-electron chi connectivity index (χ4n) is 2.36. The van der Waals surface area contributed by atoms with E-state index in [1.165, 1.54) is 0 Å². The fraction of sp³-hybridized carbons (Fsp3) is 0.188. The first-order chi connectivity index (χ1) is 10.1. The largest absolute Gasteiger partial charge is 0.497 e. The minimum absolute atomic E-state index is 0.179. The first kappa shape index (κ1) is 14.7. The van der Waals surface area contributed by atoms with Crippen molar-refractivity contribution in [2.45, 2.75) is 12.3 Å². The maximum Gasteiger partial charge on any atom is 0.132 e. The van der Waals surface area contributed by atoms with Crippen LogP contribution < -0.4 is 4.74 Å². The highest BCUT2D eigenvalue weighted by Crippen LogP contribution is 2.30. The molecule has 3 rings (SSSR count). The molecule has 0 aliphatic heterocycles. The molecular formula is C16H14ClIN2O. The second-order valence-electron chi connectivity index (χ2n) is 4.76. The van der Waals surface area contributed by atoms with Gasteiger partial charge in [-0.1, -0.05) is 6.07 Å². The summed E-state index contributed by atoms with van der Waals surface area (Å²) >= 11 is 8.62. The Morgan fingerprint density at radius 3 is 2.76 bits per heavy atom. The van der Waals surface area contributed by atoms with E-state index in [1.54, 1.807) is 7.11 Å². The molecule has 0 aliphatic carbocycles. The molecule has 1 heterocycles. The Bertz CT molecular complexity index is 798. The molecule has 0 saturated heterocycles. The highest BCUT2D eigenvalue weighted by Gasteiger charge is 2.16. The lowest BCUT2D eigenvalue weighted by atomic mass is 10.2. The van der Waals surface area contributed by atoms with Crippen LogP contribution in [0.1, 0.15) is 18.1 Å². The summed E-state index contributed by atoms with van der Waals surface area (Å²) in [5.41, 5.74) is 3.00. The average molecular weight is 413 g/mol. The molecular weight excluding hydrogens is 399 g/mol. The quantitative estimate of drug-likeness (QED) is 0.450. The van der Waals surface area contributed by atoms with E-state index in [0.29, 0.717) is 0 Å². The zero-order chi connectivity index (χ0) is 15.0. The van der Waals surface area contributed by atoms with Crippen LogP contribution in [0.25, 0.3) is 16.7 Å². The van der Waals surface area contributed by atoms with E-state index >= 15 is 0 Å². The molecule has 2 aromatic carbocycles. The molecule has 108 valence electrons. The zero-order valence-corrected chi connectivity index (χ0v) is 14.6. The Balaban J connectivity index is 2.30. The maximum absolute atomic E-state index is 6.33. The number of methoxy groups -OCH3 is 1. The lowest BCUT2D eigenvalue weighted by molar-refractivity contribution is 0.414. The summed E-state index contributed by atoms with van der Waals surface area (Å²) in [6.07, 6.45) is 0. The van der Waals surface area contributed by atoms with Gasteiger partial charge < -0.3 is 4.74 Å². The molecule has 0 fully saturated rings. The number of imidazole rings is 1.